The van der Waals surface area contributed by atoms with Crippen molar-refractivity contribution in [2.75, 3.05) is 13.7 Å². The summed E-state index contributed by atoms with van der Waals surface area (Å²) in [5.74, 6) is 1.77. The first-order valence-electron chi connectivity index (χ1n) is 7.04. The Kier molecular flexibility index (Phi) is 2.86. The van der Waals surface area contributed by atoms with Crippen LogP contribution in [0, 0.1) is 0 Å². The van der Waals surface area contributed by atoms with Gasteiger partial charge in [-0.05, 0) is 17.2 Å². The Morgan fingerprint density at radius 3 is 2.95 bits per heavy atom. The number of H-pyrrole nitrogens is 1. The molecule has 0 spiro atoms. The zero-order valence-corrected chi connectivity index (χ0v) is 11.8. The van der Waals surface area contributed by atoms with E-state index >= 15 is 0 Å². The van der Waals surface area contributed by atoms with E-state index in [2.05, 4.69) is 44.5 Å². The second-order valence-electron chi connectivity index (χ2n) is 5.23. The highest BCUT2D eigenvalue weighted by Gasteiger charge is 2.24. The molecule has 21 heavy (non-hydrogen) atoms. The lowest BCUT2D eigenvalue weighted by Crippen LogP contribution is -2.29. The van der Waals surface area contributed by atoms with Gasteiger partial charge in [-0.1, -0.05) is 24.3 Å². The standard InChI is InChI=1S/C16H16N4O/c1-21-14-7-6-13-16(19-14)20-15(18-13)12-9-17-8-10-4-2-3-5-11(10)12/h2-7,12,17H,8-9H2,1H3,(H,18,19,20). The number of ether oxygens (including phenoxy) is 1. The lowest BCUT2D eigenvalue weighted by Gasteiger charge is -2.24. The molecule has 4 rings (SSSR count). The van der Waals surface area contributed by atoms with Crippen LogP contribution in [0.5, 0.6) is 5.88 Å². The first-order valence-corrected chi connectivity index (χ1v) is 7.04. The molecule has 2 aromatic heterocycles. The van der Waals surface area contributed by atoms with Crippen LogP contribution < -0.4 is 10.1 Å². The highest BCUT2D eigenvalue weighted by atomic mass is 16.5. The Balaban J connectivity index is 1.80. The van der Waals surface area contributed by atoms with Gasteiger partial charge in [0.2, 0.25) is 5.88 Å². The highest BCUT2D eigenvalue weighted by Crippen LogP contribution is 2.29. The average molecular weight is 280 g/mol. The van der Waals surface area contributed by atoms with Crippen molar-refractivity contribution >= 4 is 11.2 Å². The van der Waals surface area contributed by atoms with Crippen LogP contribution in [-0.2, 0) is 6.54 Å². The number of pyridine rings is 1. The second-order valence-corrected chi connectivity index (χ2v) is 5.23. The minimum absolute atomic E-state index is 0.232. The van der Waals surface area contributed by atoms with E-state index in [9.17, 15) is 0 Å². The van der Waals surface area contributed by atoms with Crippen molar-refractivity contribution in [1.29, 1.82) is 0 Å². The van der Waals surface area contributed by atoms with E-state index in [0.717, 1.165) is 24.4 Å². The molecule has 0 amide bonds. The second kappa shape index (κ2) is 4.86. The number of rotatable bonds is 2. The van der Waals surface area contributed by atoms with Crippen LogP contribution >= 0.6 is 0 Å². The van der Waals surface area contributed by atoms with E-state index in [-0.39, 0.29) is 5.92 Å². The number of hydrogen-bond donors (Lipinski definition) is 2. The normalized spacial score (nSPS) is 17.7. The Morgan fingerprint density at radius 1 is 1.14 bits per heavy atom. The largest absolute Gasteiger partial charge is 0.481 e. The molecule has 3 aromatic rings. The van der Waals surface area contributed by atoms with Crippen molar-refractivity contribution in [3.63, 3.8) is 0 Å². The number of imidazole rings is 1. The van der Waals surface area contributed by atoms with Gasteiger partial charge in [0.25, 0.3) is 0 Å². The number of aromatic amines is 1. The lowest BCUT2D eigenvalue weighted by atomic mass is 9.90. The molecule has 1 aliphatic heterocycles. The van der Waals surface area contributed by atoms with Gasteiger partial charge in [0.05, 0.1) is 18.5 Å². The molecule has 0 aliphatic carbocycles. The molecule has 0 saturated carbocycles. The third-order valence-electron chi connectivity index (χ3n) is 3.97. The number of aromatic nitrogens is 3. The van der Waals surface area contributed by atoms with Gasteiger partial charge >= 0.3 is 0 Å². The number of nitrogens with zero attached hydrogens (tertiary/aromatic N) is 2. The molecule has 5 nitrogen and oxygen atoms in total. The average Bonchev–Trinajstić information content (AvgIpc) is 2.97. The van der Waals surface area contributed by atoms with E-state index in [0.29, 0.717) is 11.5 Å². The maximum Gasteiger partial charge on any atom is 0.215 e. The summed E-state index contributed by atoms with van der Waals surface area (Å²) in [7, 11) is 1.61. The smallest absolute Gasteiger partial charge is 0.215 e. The van der Waals surface area contributed by atoms with Gasteiger partial charge in [-0.15, -0.1) is 0 Å². The van der Waals surface area contributed by atoms with Gasteiger partial charge in [-0.3, -0.25) is 0 Å². The Bertz CT molecular complexity index is 796. The lowest BCUT2D eigenvalue weighted by molar-refractivity contribution is 0.399. The summed E-state index contributed by atoms with van der Waals surface area (Å²) in [5, 5.41) is 3.45. The highest BCUT2D eigenvalue weighted by molar-refractivity contribution is 5.71. The molecule has 1 atom stereocenters. The van der Waals surface area contributed by atoms with E-state index in [1.807, 2.05) is 12.1 Å². The molecular formula is C16H16N4O. The van der Waals surface area contributed by atoms with Crippen LogP contribution in [0.15, 0.2) is 36.4 Å². The van der Waals surface area contributed by atoms with Gasteiger partial charge in [-0.25, -0.2) is 4.98 Å². The van der Waals surface area contributed by atoms with E-state index in [1.165, 1.54) is 11.1 Å². The van der Waals surface area contributed by atoms with Gasteiger partial charge in [0.1, 0.15) is 5.82 Å². The van der Waals surface area contributed by atoms with Crippen molar-refractivity contribution < 1.29 is 4.74 Å². The molecule has 0 radical (unpaired) electrons. The predicted molar refractivity (Wildman–Crippen MR) is 80.4 cm³/mol. The maximum atomic E-state index is 5.16. The van der Waals surface area contributed by atoms with Crippen molar-refractivity contribution in [3.8, 4) is 5.88 Å². The van der Waals surface area contributed by atoms with Gasteiger partial charge in [0.15, 0.2) is 5.65 Å². The number of hydrogen-bond acceptors (Lipinski definition) is 4. The molecule has 106 valence electrons. The monoisotopic (exact) mass is 280 g/mol. The fraction of sp³-hybridized carbons (Fsp3) is 0.250. The summed E-state index contributed by atoms with van der Waals surface area (Å²) in [6.45, 7) is 1.80. The Hall–Kier alpha value is -2.40. The Labute approximate surface area is 122 Å². The van der Waals surface area contributed by atoms with Crippen LogP contribution in [0.2, 0.25) is 0 Å². The molecule has 3 heterocycles. The fourth-order valence-electron chi connectivity index (χ4n) is 2.91. The van der Waals surface area contributed by atoms with Crippen LogP contribution in [0.25, 0.3) is 11.2 Å². The predicted octanol–water partition coefficient (Wildman–Crippen LogP) is 2.20. The number of fused-ring (bicyclic) bond motifs is 2. The van der Waals surface area contributed by atoms with Gasteiger partial charge in [-0.2, -0.15) is 4.98 Å². The van der Waals surface area contributed by atoms with E-state index < -0.39 is 0 Å². The molecule has 2 N–H and O–H groups in total. The van der Waals surface area contributed by atoms with Crippen LogP contribution in [0.4, 0.5) is 0 Å². The van der Waals surface area contributed by atoms with Gasteiger partial charge < -0.3 is 15.0 Å². The fourth-order valence-corrected chi connectivity index (χ4v) is 2.91. The molecule has 1 aromatic carbocycles. The summed E-state index contributed by atoms with van der Waals surface area (Å²) in [5.41, 5.74) is 4.31. The molecule has 0 saturated heterocycles. The third kappa shape index (κ3) is 2.06. The quantitative estimate of drug-likeness (QED) is 0.755. The zero-order valence-electron chi connectivity index (χ0n) is 11.8. The molecular weight excluding hydrogens is 264 g/mol. The first kappa shape index (κ1) is 12.3. The van der Waals surface area contributed by atoms with Crippen LogP contribution in [0.1, 0.15) is 22.9 Å². The maximum absolute atomic E-state index is 5.16. The minimum Gasteiger partial charge on any atom is -0.481 e. The molecule has 0 bridgehead atoms. The summed E-state index contributed by atoms with van der Waals surface area (Å²) in [6.07, 6.45) is 0. The summed E-state index contributed by atoms with van der Waals surface area (Å²) in [6, 6.07) is 12.3. The zero-order chi connectivity index (χ0) is 14.2. The Morgan fingerprint density at radius 2 is 2.05 bits per heavy atom. The molecule has 5 heteroatoms. The SMILES string of the molecule is COc1ccc2[nH]c(C3CNCc4ccccc43)nc2n1. The van der Waals surface area contributed by atoms with E-state index in [1.54, 1.807) is 7.11 Å². The van der Waals surface area contributed by atoms with Crippen LogP contribution in [0.3, 0.4) is 0 Å². The number of benzene rings is 1. The van der Waals surface area contributed by atoms with Crippen molar-refractivity contribution in [1.82, 2.24) is 20.3 Å². The summed E-state index contributed by atoms with van der Waals surface area (Å²) < 4.78 is 5.16. The number of nitrogens with one attached hydrogen (secondary N) is 2. The molecule has 1 aliphatic rings. The van der Waals surface area contributed by atoms with Crippen molar-refractivity contribution in [2.24, 2.45) is 0 Å². The van der Waals surface area contributed by atoms with Crippen molar-refractivity contribution in [3.05, 3.63) is 53.3 Å². The van der Waals surface area contributed by atoms with Crippen molar-refractivity contribution in [2.45, 2.75) is 12.5 Å². The molecule has 1 unspecified atom stereocenters. The van der Waals surface area contributed by atoms with Gasteiger partial charge in [0, 0.05) is 19.2 Å². The molecule has 0 fully saturated rings. The third-order valence-corrected chi connectivity index (χ3v) is 3.97. The topological polar surface area (TPSA) is 62.8 Å². The summed E-state index contributed by atoms with van der Waals surface area (Å²) in [4.78, 5) is 12.4. The number of methoxy groups -OCH3 is 1. The van der Waals surface area contributed by atoms with Crippen LogP contribution in [-0.4, -0.2) is 28.6 Å². The summed E-state index contributed by atoms with van der Waals surface area (Å²) >= 11 is 0. The van der Waals surface area contributed by atoms with E-state index in [4.69, 9.17) is 4.74 Å². The minimum atomic E-state index is 0.232. The first-order chi connectivity index (χ1) is 10.3.